The van der Waals surface area contributed by atoms with Gasteiger partial charge in [-0.05, 0) is 12.3 Å². The molecule has 0 fully saturated rings. The predicted octanol–water partition coefficient (Wildman–Crippen LogP) is 2.54. The highest BCUT2D eigenvalue weighted by Gasteiger charge is 1.97. The molecule has 0 spiro atoms. The Labute approximate surface area is 74.6 Å². The first-order valence-electron chi connectivity index (χ1n) is 4.45. The van der Waals surface area contributed by atoms with Crippen molar-refractivity contribution in [3.8, 4) is 0 Å². The molecule has 2 heteroatoms. The quantitative estimate of drug-likeness (QED) is 0.468. The molecule has 0 aromatic rings. The molecule has 0 N–H and O–H groups in total. The van der Waals surface area contributed by atoms with Gasteiger partial charge in [-0.1, -0.05) is 32.8 Å². The second kappa shape index (κ2) is 6.89. The van der Waals surface area contributed by atoms with Crippen molar-refractivity contribution in [2.45, 2.75) is 33.1 Å². The molecule has 0 aliphatic rings. The standard InChI is InChI=1S/C10H18O2/c1-4-6-9(2)7-5-8-10(11)12-3/h5,8-9H,4,6-7H2,1-3H3/b8-5+/t9-/m0/s1. The van der Waals surface area contributed by atoms with E-state index in [4.69, 9.17) is 0 Å². The number of esters is 1. The summed E-state index contributed by atoms with van der Waals surface area (Å²) in [6, 6.07) is 0. The summed E-state index contributed by atoms with van der Waals surface area (Å²) in [5, 5.41) is 0. The lowest BCUT2D eigenvalue weighted by molar-refractivity contribution is -0.134. The zero-order valence-corrected chi connectivity index (χ0v) is 8.17. The molecule has 0 amide bonds. The van der Waals surface area contributed by atoms with E-state index >= 15 is 0 Å². The van der Waals surface area contributed by atoms with Crippen molar-refractivity contribution in [1.82, 2.24) is 0 Å². The van der Waals surface area contributed by atoms with Crippen LogP contribution in [0, 0.1) is 5.92 Å². The molecule has 1 atom stereocenters. The number of carbonyl (C=O) groups is 1. The number of carbonyl (C=O) groups excluding carboxylic acids is 1. The van der Waals surface area contributed by atoms with Crippen LogP contribution in [0.25, 0.3) is 0 Å². The highest BCUT2D eigenvalue weighted by Crippen LogP contribution is 2.09. The van der Waals surface area contributed by atoms with Crippen LogP contribution in [0.1, 0.15) is 33.1 Å². The minimum Gasteiger partial charge on any atom is -0.466 e. The van der Waals surface area contributed by atoms with Crippen molar-refractivity contribution in [3.63, 3.8) is 0 Å². The molecular formula is C10H18O2. The van der Waals surface area contributed by atoms with E-state index in [1.807, 2.05) is 6.08 Å². The SMILES string of the molecule is CCC[C@H](C)C/C=C/C(=O)OC. The van der Waals surface area contributed by atoms with Gasteiger partial charge in [0.1, 0.15) is 0 Å². The average Bonchev–Trinajstić information content (AvgIpc) is 2.04. The van der Waals surface area contributed by atoms with E-state index in [1.165, 1.54) is 26.0 Å². The second-order valence-electron chi connectivity index (χ2n) is 3.06. The lowest BCUT2D eigenvalue weighted by Gasteiger charge is -2.04. The van der Waals surface area contributed by atoms with Gasteiger partial charge < -0.3 is 4.74 Å². The van der Waals surface area contributed by atoms with Gasteiger partial charge in [0.2, 0.25) is 0 Å². The highest BCUT2D eigenvalue weighted by atomic mass is 16.5. The van der Waals surface area contributed by atoms with Crippen molar-refractivity contribution in [3.05, 3.63) is 12.2 Å². The van der Waals surface area contributed by atoms with Gasteiger partial charge in [-0.15, -0.1) is 0 Å². The van der Waals surface area contributed by atoms with Crippen molar-refractivity contribution in [2.24, 2.45) is 5.92 Å². The second-order valence-corrected chi connectivity index (χ2v) is 3.06. The van der Waals surface area contributed by atoms with Gasteiger partial charge in [0.05, 0.1) is 7.11 Å². The fourth-order valence-corrected chi connectivity index (χ4v) is 1.08. The Bertz CT molecular complexity index is 150. The zero-order valence-electron chi connectivity index (χ0n) is 8.17. The number of hydrogen-bond donors (Lipinski definition) is 0. The number of allylic oxidation sites excluding steroid dienone is 1. The van der Waals surface area contributed by atoms with Crippen molar-refractivity contribution < 1.29 is 9.53 Å². The summed E-state index contributed by atoms with van der Waals surface area (Å²) >= 11 is 0. The molecule has 0 unspecified atom stereocenters. The first kappa shape index (κ1) is 11.2. The van der Waals surface area contributed by atoms with Crippen LogP contribution < -0.4 is 0 Å². The molecule has 70 valence electrons. The average molecular weight is 170 g/mol. The van der Waals surface area contributed by atoms with Crippen LogP contribution in [-0.4, -0.2) is 13.1 Å². The maximum Gasteiger partial charge on any atom is 0.330 e. The molecular weight excluding hydrogens is 152 g/mol. The molecule has 0 saturated carbocycles. The topological polar surface area (TPSA) is 26.3 Å². The Hall–Kier alpha value is -0.790. The molecule has 12 heavy (non-hydrogen) atoms. The van der Waals surface area contributed by atoms with Gasteiger partial charge in [0.25, 0.3) is 0 Å². The van der Waals surface area contributed by atoms with Crippen molar-refractivity contribution >= 4 is 5.97 Å². The normalized spacial score (nSPS) is 13.2. The van der Waals surface area contributed by atoms with Crippen LogP contribution in [-0.2, 0) is 9.53 Å². The molecule has 0 aromatic heterocycles. The smallest absolute Gasteiger partial charge is 0.330 e. The third-order valence-corrected chi connectivity index (χ3v) is 1.78. The van der Waals surface area contributed by atoms with Crippen LogP contribution >= 0.6 is 0 Å². The van der Waals surface area contributed by atoms with Crippen molar-refractivity contribution in [2.75, 3.05) is 7.11 Å². The summed E-state index contributed by atoms with van der Waals surface area (Å²) in [6.45, 7) is 4.35. The summed E-state index contributed by atoms with van der Waals surface area (Å²) in [6.07, 6.45) is 6.75. The first-order chi connectivity index (χ1) is 5.70. The summed E-state index contributed by atoms with van der Waals surface area (Å²) < 4.78 is 4.47. The number of rotatable bonds is 5. The fourth-order valence-electron chi connectivity index (χ4n) is 1.08. The van der Waals surface area contributed by atoms with Crippen LogP contribution in [0.3, 0.4) is 0 Å². The van der Waals surface area contributed by atoms with E-state index in [-0.39, 0.29) is 5.97 Å². The van der Waals surface area contributed by atoms with E-state index in [9.17, 15) is 4.79 Å². The summed E-state index contributed by atoms with van der Waals surface area (Å²) in [5.41, 5.74) is 0. The Morgan fingerprint density at radius 3 is 2.75 bits per heavy atom. The number of ether oxygens (including phenoxy) is 1. The molecule has 2 nitrogen and oxygen atoms in total. The van der Waals surface area contributed by atoms with Gasteiger partial charge in [0.15, 0.2) is 0 Å². The molecule has 0 aliphatic heterocycles. The molecule has 0 rings (SSSR count). The zero-order chi connectivity index (χ0) is 9.40. The van der Waals surface area contributed by atoms with Crippen LogP contribution in [0.15, 0.2) is 12.2 Å². The van der Waals surface area contributed by atoms with Gasteiger partial charge >= 0.3 is 5.97 Å². The van der Waals surface area contributed by atoms with Gasteiger partial charge in [-0.25, -0.2) is 4.79 Å². The van der Waals surface area contributed by atoms with E-state index in [0.29, 0.717) is 5.92 Å². The van der Waals surface area contributed by atoms with E-state index in [2.05, 4.69) is 18.6 Å². The Morgan fingerprint density at radius 2 is 2.25 bits per heavy atom. The molecule has 0 heterocycles. The molecule has 0 aliphatic carbocycles. The van der Waals surface area contributed by atoms with Crippen LogP contribution in [0.2, 0.25) is 0 Å². The molecule has 0 radical (unpaired) electrons. The van der Waals surface area contributed by atoms with Crippen LogP contribution in [0.4, 0.5) is 0 Å². The lowest BCUT2D eigenvalue weighted by Crippen LogP contribution is -1.95. The molecule has 0 aromatic carbocycles. The molecule has 0 saturated heterocycles. The molecule has 0 bridgehead atoms. The maximum atomic E-state index is 10.6. The number of methoxy groups -OCH3 is 1. The van der Waals surface area contributed by atoms with E-state index < -0.39 is 0 Å². The van der Waals surface area contributed by atoms with Gasteiger partial charge in [-0.2, -0.15) is 0 Å². The highest BCUT2D eigenvalue weighted by molar-refractivity contribution is 5.81. The maximum absolute atomic E-state index is 10.6. The first-order valence-corrected chi connectivity index (χ1v) is 4.45. The van der Waals surface area contributed by atoms with E-state index in [0.717, 1.165) is 6.42 Å². The fraction of sp³-hybridized carbons (Fsp3) is 0.700. The Morgan fingerprint density at radius 1 is 1.58 bits per heavy atom. The lowest BCUT2D eigenvalue weighted by atomic mass is 10.0. The summed E-state index contributed by atoms with van der Waals surface area (Å²) in [5.74, 6) is 0.398. The predicted molar refractivity (Wildman–Crippen MR) is 49.8 cm³/mol. The van der Waals surface area contributed by atoms with E-state index in [1.54, 1.807) is 0 Å². The van der Waals surface area contributed by atoms with Crippen LogP contribution in [0.5, 0.6) is 0 Å². The Balaban J connectivity index is 3.52. The Kier molecular flexibility index (Phi) is 6.44. The summed E-state index contributed by atoms with van der Waals surface area (Å²) in [7, 11) is 1.39. The largest absolute Gasteiger partial charge is 0.466 e. The third kappa shape index (κ3) is 5.96. The number of hydrogen-bond acceptors (Lipinski definition) is 2. The third-order valence-electron chi connectivity index (χ3n) is 1.78. The van der Waals surface area contributed by atoms with Crippen molar-refractivity contribution in [1.29, 1.82) is 0 Å². The minimum atomic E-state index is -0.265. The van der Waals surface area contributed by atoms with Gasteiger partial charge in [0, 0.05) is 6.08 Å². The monoisotopic (exact) mass is 170 g/mol. The summed E-state index contributed by atoms with van der Waals surface area (Å²) in [4.78, 5) is 10.6. The van der Waals surface area contributed by atoms with Gasteiger partial charge in [-0.3, -0.25) is 0 Å². The minimum absolute atomic E-state index is 0.265.